The van der Waals surface area contributed by atoms with Crippen molar-refractivity contribution in [2.75, 3.05) is 14.2 Å². The molecule has 0 unspecified atom stereocenters. The maximum Gasteiger partial charge on any atom is 0.271 e. The summed E-state index contributed by atoms with van der Waals surface area (Å²) in [6, 6.07) is 3.16. The molecule has 136 valence electrons. The van der Waals surface area contributed by atoms with Gasteiger partial charge in [0, 0.05) is 16.7 Å². The van der Waals surface area contributed by atoms with Crippen LogP contribution >= 0.6 is 11.6 Å². The number of hydrazone groups is 1. The van der Waals surface area contributed by atoms with Gasteiger partial charge in [-0.1, -0.05) is 32.4 Å². The maximum absolute atomic E-state index is 12.5. The second-order valence-electron chi connectivity index (χ2n) is 7.69. The van der Waals surface area contributed by atoms with Crippen LogP contribution in [0.25, 0.3) is 0 Å². The number of amides is 1. The molecule has 5 nitrogen and oxygen atoms in total. The molecule has 0 radical (unpaired) electrons. The summed E-state index contributed by atoms with van der Waals surface area (Å²) in [7, 11) is 3.02. The highest BCUT2D eigenvalue weighted by atomic mass is 35.5. The molecule has 6 heteroatoms. The third-order valence-electron chi connectivity index (χ3n) is 6.50. The van der Waals surface area contributed by atoms with E-state index in [0.717, 1.165) is 18.6 Å². The van der Waals surface area contributed by atoms with E-state index < -0.39 is 0 Å². The van der Waals surface area contributed by atoms with Crippen LogP contribution in [0.4, 0.5) is 0 Å². The number of fused-ring (bicyclic) bond motifs is 2. The van der Waals surface area contributed by atoms with Crippen LogP contribution in [0.15, 0.2) is 17.2 Å². The van der Waals surface area contributed by atoms with E-state index in [4.69, 9.17) is 21.1 Å². The Labute approximate surface area is 153 Å². The first-order valence-corrected chi connectivity index (χ1v) is 8.91. The summed E-state index contributed by atoms with van der Waals surface area (Å²) < 4.78 is 10.4. The summed E-state index contributed by atoms with van der Waals surface area (Å²) in [6.45, 7) is 6.88. The summed E-state index contributed by atoms with van der Waals surface area (Å²) in [5.41, 5.74) is 4.46. The van der Waals surface area contributed by atoms with E-state index in [1.807, 2.05) is 0 Å². The van der Waals surface area contributed by atoms with Gasteiger partial charge in [0.2, 0.25) is 0 Å². The number of halogens is 1. The normalized spacial score (nSPS) is 28.2. The maximum atomic E-state index is 12.5. The van der Waals surface area contributed by atoms with Gasteiger partial charge in [0.05, 0.1) is 19.2 Å². The van der Waals surface area contributed by atoms with Crippen molar-refractivity contribution < 1.29 is 14.3 Å². The SMILES string of the molecule is COc1cc(C(=O)N/N=C2/C[C@H]3CC[C@]2(C)C3(C)C)cc(Cl)c1OC. The smallest absolute Gasteiger partial charge is 0.271 e. The Morgan fingerprint density at radius 2 is 2.00 bits per heavy atom. The Balaban J connectivity index is 1.81. The molecule has 0 saturated heterocycles. The van der Waals surface area contributed by atoms with Gasteiger partial charge in [-0.25, -0.2) is 5.43 Å². The van der Waals surface area contributed by atoms with Crippen molar-refractivity contribution in [1.82, 2.24) is 5.43 Å². The average Bonchev–Trinajstić information content (AvgIpc) is 2.91. The number of methoxy groups -OCH3 is 2. The summed E-state index contributed by atoms with van der Waals surface area (Å²) in [6.07, 6.45) is 3.32. The van der Waals surface area contributed by atoms with Crippen LogP contribution in [0, 0.1) is 16.7 Å². The molecule has 2 aliphatic carbocycles. The zero-order chi connectivity index (χ0) is 18.4. The first-order chi connectivity index (χ1) is 11.7. The van der Waals surface area contributed by atoms with Gasteiger partial charge in [-0.05, 0) is 42.7 Å². The number of benzene rings is 1. The minimum atomic E-state index is -0.306. The van der Waals surface area contributed by atoms with Crippen LogP contribution in [0.3, 0.4) is 0 Å². The zero-order valence-corrected chi connectivity index (χ0v) is 16.2. The molecule has 0 heterocycles. The first-order valence-electron chi connectivity index (χ1n) is 8.53. The number of hydrogen-bond donors (Lipinski definition) is 1. The fourth-order valence-electron chi connectivity index (χ4n) is 4.33. The Morgan fingerprint density at radius 1 is 1.28 bits per heavy atom. The van der Waals surface area contributed by atoms with Gasteiger partial charge in [-0.2, -0.15) is 5.10 Å². The van der Waals surface area contributed by atoms with Gasteiger partial charge in [0.25, 0.3) is 5.91 Å². The highest BCUT2D eigenvalue weighted by Crippen LogP contribution is 2.63. The van der Waals surface area contributed by atoms with Crippen LogP contribution in [-0.4, -0.2) is 25.8 Å². The van der Waals surface area contributed by atoms with Gasteiger partial charge in [0.1, 0.15) is 0 Å². The van der Waals surface area contributed by atoms with Crippen LogP contribution in [-0.2, 0) is 0 Å². The van der Waals surface area contributed by atoms with Gasteiger partial charge in [0.15, 0.2) is 11.5 Å². The highest BCUT2D eigenvalue weighted by Gasteiger charge is 2.60. The molecule has 0 aromatic heterocycles. The molecule has 2 atom stereocenters. The van der Waals surface area contributed by atoms with Crippen molar-refractivity contribution in [1.29, 1.82) is 0 Å². The number of ether oxygens (including phenoxy) is 2. The highest BCUT2D eigenvalue weighted by molar-refractivity contribution is 6.32. The largest absolute Gasteiger partial charge is 0.493 e. The van der Waals surface area contributed by atoms with Crippen LogP contribution in [0.1, 0.15) is 50.4 Å². The molecular formula is C19H25ClN2O3. The molecule has 0 spiro atoms. The van der Waals surface area contributed by atoms with Crippen molar-refractivity contribution >= 4 is 23.2 Å². The predicted octanol–water partition coefficient (Wildman–Crippen LogP) is 4.29. The minimum absolute atomic E-state index is 0.0557. The van der Waals surface area contributed by atoms with Crippen LogP contribution < -0.4 is 14.9 Å². The lowest BCUT2D eigenvalue weighted by molar-refractivity contribution is 0.0953. The molecule has 0 aliphatic heterocycles. The zero-order valence-electron chi connectivity index (χ0n) is 15.4. The fraction of sp³-hybridized carbons (Fsp3) is 0.579. The lowest BCUT2D eigenvalue weighted by atomic mass is 9.70. The van der Waals surface area contributed by atoms with E-state index in [2.05, 4.69) is 31.3 Å². The number of carbonyl (C=O) groups excluding carboxylic acids is 1. The van der Waals surface area contributed by atoms with Gasteiger partial charge >= 0.3 is 0 Å². The fourth-order valence-corrected chi connectivity index (χ4v) is 4.62. The molecule has 1 aromatic carbocycles. The Hall–Kier alpha value is -1.75. The van der Waals surface area contributed by atoms with Gasteiger partial charge in [-0.3, -0.25) is 4.79 Å². The average molecular weight is 365 g/mol. The number of nitrogens with zero attached hydrogens (tertiary/aromatic N) is 1. The Bertz CT molecular complexity index is 744. The molecule has 1 aromatic rings. The van der Waals surface area contributed by atoms with E-state index in [9.17, 15) is 4.79 Å². The number of carbonyl (C=O) groups is 1. The molecule has 1 amide bonds. The topological polar surface area (TPSA) is 59.9 Å². The number of hydrogen-bond acceptors (Lipinski definition) is 4. The summed E-state index contributed by atoms with van der Waals surface area (Å²) in [4.78, 5) is 12.5. The Kier molecular flexibility index (Phi) is 4.48. The lowest BCUT2D eigenvalue weighted by Gasteiger charge is -2.34. The third kappa shape index (κ3) is 2.69. The van der Waals surface area contributed by atoms with Crippen molar-refractivity contribution in [3.05, 3.63) is 22.7 Å². The molecule has 25 heavy (non-hydrogen) atoms. The second kappa shape index (κ2) is 6.20. The van der Waals surface area contributed by atoms with Crippen molar-refractivity contribution in [3.63, 3.8) is 0 Å². The first kappa shape index (κ1) is 18.1. The van der Waals surface area contributed by atoms with Gasteiger partial charge in [-0.15, -0.1) is 0 Å². The van der Waals surface area contributed by atoms with Crippen LogP contribution in [0.5, 0.6) is 11.5 Å². The van der Waals surface area contributed by atoms with Crippen molar-refractivity contribution in [2.45, 2.75) is 40.0 Å². The second-order valence-corrected chi connectivity index (χ2v) is 8.09. The van der Waals surface area contributed by atoms with Crippen LogP contribution in [0.2, 0.25) is 5.02 Å². The van der Waals surface area contributed by atoms with E-state index in [0.29, 0.717) is 28.0 Å². The van der Waals surface area contributed by atoms with E-state index in [1.165, 1.54) is 20.6 Å². The van der Waals surface area contributed by atoms with Crippen molar-refractivity contribution in [2.24, 2.45) is 21.8 Å². The quantitative estimate of drug-likeness (QED) is 0.811. The van der Waals surface area contributed by atoms with E-state index in [1.54, 1.807) is 12.1 Å². The molecule has 2 fully saturated rings. The van der Waals surface area contributed by atoms with Crippen molar-refractivity contribution in [3.8, 4) is 11.5 Å². The molecule has 2 aliphatic rings. The molecule has 1 N–H and O–H groups in total. The molecule has 2 bridgehead atoms. The number of nitrogens with one attached hydrogen (secondary N) is 1. The third-order valence-corrected chi connectivity index (χ3v) is 6.78. The minimum Gasteiger partial charge on any atom is -0.493 e. The van der Waals surface area contributed by atoms with E-state index in [-0.39, 0.29) is 16.7 Å². The predicted molar refractivity (Wildman–Crippen MR) is 98.7 cm³/mol. The van der Waals surface area contributed by atoms with E-state index >= 15 is 0 Å². The summed E-state index contributed by atoms with van der Waals surface area (Å²) in [5, 5.41) is 4.81. The molecular weight excluding hydrogens is 340 g/mol. The molecule has 3 rings (SSSR count). The molecule has 2 saturated carbocycles. The summed E-state index contributed by atoms with van der Waals surface area (Å²) >= 11 is 6.17. The summed E-state index contributed by atoms with van der Waals surface area (Å²) in [5.74, 6) is 1.17. The monoisotopic (exact) mass is 364 g/mol. The number of rotatable bonds is 4. The Morgan fingerprint density at radius 3 is 2.52 bits per heavy atom. The lowest BCUT2D eigenvalue weighted by Crippen LogP contribution is -2.34. The van der Waals surface area contributed by atoms with Gasteiger partial charge < -0.3 is 9.47 Å². The standard InChI is InChI=1S/C19H25ClN2O3/c1-18(2)12-6-7-19(18,3)15(10-12)21-22-17(23)11-8-13(20)16(25-5)14(9-11)24-4/h8-9,12H,6-7,10H2,1-5H3,(H,22,23)/b21-15-/t12-,19+/m1/s1.